The van der Waals surface area contributed by atoms with Crippen molar-refractivity contribution in [3.05, 3.63) is 44.0 Å². The number of rotatable bonds is 2. The van der Waals surface area contributed by atoms with Gasteiger partial charge < -0.3 is 4.98 Å². The van der Waals surface area contributed by atoms with Crippen LogP contribution >= 0.6 is 0 Å². The fourth-order valence-corrected chi connectivity index (χ4v) is 1.27. The maximum atomic E-state index is 11.3. The smallest absolute Gasteiger partial charge is 0.311 e. The van der Waals surface area contributed by atoms with Crippen molar-refractivity contribution in [2.75, 3.05) is 0 Å². The Balaban J connectivity index is 2.45. The van der Waals surface area contributed by atoms with Gasteiger partial charge in [-0.15, -0.1) is 5.10 Å². The van der Waals surface area contributed by atoms with Gasteiger partial charge in [-0.3, -0.25) is 14.9 Å². The number of hydrogen-bond donors (Lipinski definition) is 3. The molecule has 15 heavy (non-hydrogen) atoms. The topological polar surface area (TPSA) is 107 Å². The lowest BCUT2D eigenvalue weighted by atomic mass is 10.1. The van der Waals surface area contributed by atoms with Gasteiger partial charge in [0.15, 0.2) is 0 Å². The molecule has 0 aliphatic rings. The Kier molecular flexibility index (Phi) is 2.20. The molecule has 0 fully saturated rings. The Labute approximate surface area is 83.6 Å². The summed E-state index contributed by atoms with van der Waals surface area (Å²) in [4.78, 5) is 27.0. The van der Waals surface area contributed by atoms with Gasteiger partial charge in [0.05, 0.1) is 5.69 Å². The van der Waals surface area contributed by atoms with Crippen LogP contribution < -0.4 is 11.2 Å². The van der Waals surface area contributed by atoms with Crippen molar-refractivity contribution in [1.29, 1.82) is 0 Å². The lowest BCUT2D eigenvalue weighted by Gasteiger charge is -2.00. The van der Waals surface area contributed by atoms with Crippen LogP contribution in [0.5, 0.6) is 0 Å². The molecule has 0 atom stereocenters. The van der Waals surface area contributed by atoms with Gasteiger partial charge in [-0.05, 0) is 6.92 Å². The molecule has 0 aromatic carbocycles. The van der Waals surface area contributed by atoms with E-state index in [1.807, 2.05) is 0 Å². The number of aromatic nitrogens is 5. The first kappa shape index (κ1) is 9.38. The van der Waals surface area contributed by atoms with E-state index in [0.717, 1.165) is 0 Å². The van der Waals surface area contributed by atoms with Gasteiger partial charge in [-0.1, -0.05) is 5.21 Å². The molecule has 0 aliphatic heterocycles. The Morgan fingerprint density at radius 2 is 2.13 bits per heavy atom. The van der Waals surface area contributed by atoms with Crippen LogP contribution in [0.3, 0.4) is 0 Å². The molecule has 0 aliphatic carbocycles. The van der Waals surface area contributed by atoms with Gasteiger partial charge in [0.25, 0.3) is 5.56 Å². The molecule has 2 aromatic heterocycles. The third-order valence-corrected chi connectivity index (χ3v) is 2.11. The summed E-state index contributed by atoms with van der Waals surface area (Å²) >= 11 is 0. The second-order valence-electron chi connectivity index (χ2n) is 3.15. The van der Waals surface area contributed by atoms with Crippen molar-refractivity contribution in [2.24, 2.45) is 0 Å². The molecule has 7 heteroatoms. The van der Waals surface area contributed by atoms with Crippen LogP contribution in [0.25, 0.3) is 0 Å². The lowest BCUT2D eigenvalue weighted by molar-refractivity contribution is 0.881. The molecular formula is C8H9N5O2. The highest BCUT2D eigenvalue weighted by Gasteiger charge is 2.06. The van der Waals surface area contributed by atoms with Crippen LogP contribution in [0.4, 0.5) is 0 Å². The van der Waals surface area contributed by atoms with Gasteiger partial charge in [0.2, 0.25) is 0 Å². The molecule has 0 saturated carbocycles. The molecule has 2 aromatic rings. The van der Waals surface area contributed by atoms with E-state index in [-0.39, 0.29) is 5.56 Å². The van der Waals surface area contributed by atoms with E-state index in [1.54, 1.807) is 13.1 Å². The zero-order chi connectivity index (χ0) is 10.8. The first-order chi connectivity index (χ1) is 7.16. The molecular weight excluding hydrogens is 198 g/mol. The number of nitrogens with zero attached hydrogens (tertiary/aromatic N) is 2. The molecule has 0 amide bonds. The van der Waals surface area contributed by atoms with Crippen LogP contribution in [0.1, 0.15) is 17.0 Å². The normalized spacial score (nSPS) is 10.5. The van der Waals surface area contributed by atoms with Crippen molar-refractivity contribution in [2.45, 2.75) is 13.3 Å². The Morgan fingerprint density at radius 3 is 2.80 bits per heavy atom. The minimum Gasteiger partial charge on any atom is -0.311 e. The highest BCUT2D eigenvalue weighted by molar-refractivity contribution is 5.18. The zero-order valence-corrected chi connectivity index (χ0v) is 8.00. The Hall–Kier alpha value is -2.18. The van der Waals surface area contributed by atoms with Gasteiger partial charge in [-0.25, -0.2) is 4.79 Å². The average molecular weight is 207 g/mol. The van der Waals surface area contributed by atoms with E-state index in [9.17, 15) is 9.59 Å². The highest BCUT2D eigenvalue weighted by atomic mass is 16.2. The molecule has 0 saturated heterocycles. The van der Waals surface area contributed by atoms with E-state index in [2.05, 4.69) is 25.4 Å². The van der Waals surface area contributed by atoms with Crippen molar-refractivity contribution >= 4 is 0 Å². The second kappa shape index (κ2) is 3.52. The van der Waals surface area contributed by atoms with E-state index in [4.69, 9.17) is 0 Å². The van der Waals surface area contributed by atoms with E-state index >= 15 is 0 Å². The summed E-state index contributed by atoms with van der Waals surface area (Å²) in [6.07, 6.45) is 1.99. The van der Waals surface area contributed by atoms with Crippen LogP contribution in [-0.4, -0.2) is 25.4 Å². The summed E-state index contributed by atoms with van der Waals surface area (Å²) in [6, 6.07) is 0. The molecule has 78 valence electrons. The quantitative estimate of drug-likeness (QED) is 0.591. The summed E-state index contributed by atoms with van der Waals surface area (Å²) in [5.41, 5.74) is 0.816. The molecule has 3 N–H and O–H groups in total. The summed E-state index contributed by atoms with van der Waals surface area (Å²) in [5.74, 6) is 0. The summed E-state index contributed by atoms with van der Waals surface area (Å²) in [7, 11) is 0. The van der Waals surface area contributed by atoms with Gasteiger partial charge in [0, 0.05) is 23.9 Å². The van der Waals surface area contributed by atoms with E-state index in [1.165, 1.54) is 0 Å². The molecule has 0 bridgehead atoms. The number of nitrogens with one attached hydrogen (secondary N) is 3. The monoisotopic (exact) mass is 207 g/mol. The van der Waals surface area contributed by atoms with Gasteiger partial charge >= 0.3 is 5.69 Å². The first-order valence-corrected chi connectivity index (χ1v) is 4.34. The minimum absolute atomic E-state index is 0.376. The second-order valence-corrected chi connectivity index (χ2v) is 3.15. The SMILES string of the molecule is Cc1c(Cc2c[nH]nn2)[nH]c(=O)[nH]c1=O. The predicted molar refractivity (Wildman–Crippen MR) is 51.6 cm³/mol. The molecule has 0 unspecified atom stereocenters. The number of H-pyrrole nitrogens is 3. The zero-order valence-electron chi connectivity index (χ0n) is 8.00. The maximum Gasteiger partial charge on any atom is 0.325 e. The van der Waals surface area contributed by atoms with Crippen LogP contribution in [0, 0.1) is 6.92 Å². The van der Waals surface area contributed by atoms with Gasteiger partial charge in [0.1, 0.15) is 0 Å². The standard InChI is InChI=1S/C8H9N5O2/c1-4-6(2-5-3-9-13-12-5)10-8(15)11-7(4)14/h3H,2H2,1H3,(H,9,12,13)(H2,10,11,14,15). The highest BCUT2D eigenvalue weighted by Crippen LogP contribution is 2.02. The lowest BCUT2D eigenvalue weighted by Crippen LogP contribution is -2.26. The largest absolute Gasteiger partial charge is 0.325 e. The minimum atomic E-state index is -0.510. The van der Waals surface area contributed by atoms with Crippen molar-refractivity contribution < 1.29 is 0 Å². The Morgan fingerprint density at radius 1 is 1.33 bits per heavy atom. The van der Waals surface area contributed by atoms with Crippen molar-refractivity contribution in [1.82, 2.24) is 25.4 Å². The van der Waals surface area contributed by atoms with Crippen LogP contribution in [-0.2, 0) is 6.42 Å². The first-order valence-electron chi connectivity index (χ1n) is 4.34. The van der Waals surface area contributed by atoms with Crippen molar-refractivity contribution in [3.63, 3.8) is 0 Å². The summed E-state index contributed by atoms with van der Waals surface area (Å²) in [6.45, 7) is 1.64. The van der Waals surface area contributed by atoms with E-state index in [0.29, 0.717) is 23.4 Å². The molecule has 2 rings (SSSR count). The maximum absolute atomic E-state index is 11.3. The third kappa shape index (κ3) is 1.85. The molecule has 0 spiro atoms. The molecule has 0 radical (unpaired) electrons. The van der Waals surface area contributed by atoms with Gasteiger partial charge in [-0.2, -0.15) is 0 Å². The number of aromatic amines is 3. The summed E-state index contributed by atoms with van der Waals surface area (Å²) < 4.78 is 0. The third-order valence-electron chi connectivity index (χ3n) is 2.11. The van der Waals surface area contributed by atoms with Crippen LogP contribution in [0.15, 0.2) is 15.8 Å². The van der Waals surface area contributed by atoms with Crippen LogP contribution in [0.2, 0.25) is 0 Å². The average Bonchev–Trinajstić information content (AvgIpc) is 2.66. The molecule has 7 nitrogen and oxygen atoms in total. The van der Waals surface area contributed by atoms with E-state index < -0.39 is 5.69 Å². The van der Waals surface area contributed by atoms with Crippen molar-refractivity contribution in [3.8, 4) is 0 Å². The predicted octanol–water partition coefficient (Wildman–Crippen LogP) is -0.919. The Bertz CT molecular complexity index is 565. The fraction of sp³-hybridized carbons (Fsp3) is 0.250. The summed E-state index contributed by atoms with van der Waals surface area (Å²) in [5, 5.41) is 9.87. The fourth-order valence-electron chi connectivity index (χ4n) is 1.27. The number of hydrogen-bond acceptors (Lipinski definition) is 4. The molecule has 2 heterocycles.